The van der Waals surface area contributed by atoms with E-state index in [2.05, 4.69) is 15.9 Å². The lowest BCUT2D eigenvalue weighted by molar-refractivity contribution is -0.385. The molecule has 0 saturated carbocycles. The molecule has 5 heteroatoms. The largest absolute Gasteiger partial charge is 0.490 e. The zero-order valence-electron chi connectivity index (χ0n) is 8.78. The van der Waals surface area contributed by atoms with Crippen molar-refractivity contribution in [1.82, 2.24) is 0 Å². The first-order chi connectivity index (χ1) is 6.97. The van der Waals surface area contributed by atoms with Crippen LogP contribution in [0.3, 0.4) is 0 Å². The number of methoxy groups -OCH3 is 1. The first-order valence-corrected chi connectivity index (χ1v) is 5.28. The number of nitrogens with zero attached hydrogens (tertiary/aromatic N) is 1. The fourth-order valence-electron chi connectivity index (χ4n) is 1.39. The van der Waals surface area contributed by atoms with Gasteiger partial charge in [0.25, 0.3) is 0 Å². The molecule has 0 aliphatic rings. The minimum absolute atomic E-state index is 0.00410. The molecule has 0 radical (unpaired) electrons. The van der Waals surface area contributed by atoms with Crippen LogP contribution in [-0.2, 0) is 0 Å². The number of halogens is 1. The molecular weight excluding hydrogens is 262 g/mol. The van der Waals surface area contributed by atoms with Crippen LogP contribution in [0.5, 0.6) is 5.75 Å². The average Bonchev–Trinajstić information content (AvgIpc) is 2.16. The molecule has 1 aromatic rings. The zero-order valence-corrected chi connectivity index (χ0v) is 10.4. The summed E-state index contributed by atoms with van der Waals surface area (Å²) in [5, 5.41) is 10.8. The van der Waals surface area contributed by atoms with Crippen LogP contribution in [0.25, 0.3) is 0 Å². The Hall–Kier alpha value is -1.10. The quantitative estimate of drug-likeness (QED) is 0.626. The van der Waals surface area contributed by atoms with E-state index >= 15 is 0 Å². The van der Waals surface area contributed by atoms with Crippen molar-refractivity contribution in [1.29, 1.82) is 0 Å². The topological polar surface area (TPSA) is 52.4 Å². The van der Waals surface area contributed by atoms with Crippen molar-refractivity contribution in [3.8, 4) is 5.75 Å². The standard InChI is InChI=1S/C10H12BrNO3/c1-6(2)8-4-7(11)5-9(12(13)14)10(8)15-3/h4-6H,1-3H3. The van der Waals surface area contributed by atoms with Gasteiger partial charge in [0.1, 0.15) is 0 Å². The van der Waals surface area contributed by atoms with Crippen LogP contribution in [0.4, 0.5) is 5.69 Å². The number of nitro benzene ring substituents is 1. The van der Waals surface area contributed by atoms with E-state index in [-0.39, 0.29) is 11.6 Å². The fraction of sp³-hybridized carbons (Fsp3) is 0.400. The zero-order chi connectivity index (χ0) is 11.6. The van der Waals surface area contributed by atoms with E-state index in [1.54, 1.807) is 0 Å². The molecule has 0 saturated heterocycles. The monoisotopic (exact) mass is 273 g/mol. The van der Waals surface area contributed by atoms with Crippen molar-refractivity contribution in [3.05, 3.63) is 32.3 Å². The van der Waals surface area contributed by atoms with E-state index in [0.29, 0.717) is 10.2 Å². The molecule has 0 unspecified atom stereocenters. The highest BCUT2D eigenvalue weighted by Gasteiger charge is 2.21. The molecule has 0 spiro atoms. The van der Waals surface area contributed by atoms with Gasteiger partial charge < -0.3 is 4.74 Å². The highest BCUT2D eigenvalue weighted by molar-refractivity contribution is 9.10. The smallest absolute Gasteiger partial charge is 0.312 e. The molecule has 0 bridgehead atoms. The van der Waals surface area contributed by atoms with Crippen LogP contribution in [0.15, 0.2) is 16.6 Å². The Morgan fingerprint density at radius 2 is 2.07 bits per heavy atom. The summed E-state index contributed by atoms with van der Waals surface area (Å²) in [7, 11) is 1.45. The Morgan fingerprint density at radius 1 is 1.47 bits per heavy atom. The van der Waals surface area contributed by atoms with Gasteiger partial charge in [0.05, 0.1) is 12.0 Å². The predicted octanol–water partition coefficient (Wildman–Crippen LogP) is 3.49. The summed E-state index contributed by atoms with van der Waals surface area (Å²) in [4.78, 5) is 10.4. The number of rotatable bonds is 3. The van der Waals surface area contributed by atoms with Gasteiger partial charge in [-0.25, -0.2) is 0 Å². The molecule has 15 heavy (non-hydrogen) atoms. The minimum Gasteiger partial charge on any atom is -0.490 e. The maximum absolute atomic E-state index is 10.8. The number of ether oxygens (including phenoxy) is 1. The molecule has 0 fully saturated rings. The lowest BCUT2D eigenvalue weighted by Crippen LogP contribution is -1.99. The average molecular weight is 274 g/mol. The molecule has 0 atom stereocenters. The van der Waals surface area contributed by atoms with Crippen molar-refractivity contribution in [2.45, 2.75) is 19.8 Å². The van der Waals surface area contributed by atoms with Crippen molar-refractivity contribution >= 4 is 21.6 Å². The Morgan fingerprint density at radius 3 is 2.47 bits per heavy atom. The second-order valence-corrected chi connectivity index (χ2v) is 4.37. The van der Waals surface area contributed by atoms with Crippen LogP contribution in [-0.4, -0.2) is 12.0 Å². The molecule has 0 heterocycles. The molecule has 1 aromatic carbocycles. The Labute approximate surface area is 96.5 Å². The Balaban J connectivity index is 3.45. The van der Waals surface area contributed by atoms with Gasteiger partial charge in [0, 0.05) is 16.1 Å². The second-order valence-electron chi connectivity index (χ2n) is 3.46. The normalized spacial score (nSPS) is 10.5. The first-order valence-electron chi connectivity index (χ1n) is 4.49. The van der Waals surface area contributed by atoms with Crippen LogP contribution in [0.2, 0.25) is 0 Å². The summed E-state index contributed by atoms with van der Waals surface area (Å²) < 4.78 is 5.78. The van der Waals surface area contributed by atoms with Crippen molar-refractivity contribution < 1.29 is 9.66 Å². The van der Waals surface area contributed by atoms with Crippen molar-refractivity contribution in [2.24, 2.45) is 0 Å². The first kappa shape index (κ1) is 12.0. The number of benzene rings is 1. The lowest BCUT2D eigenvalue weighted by atomic mass is 10.0. The summed E-state index contributed by atoms with van der Waals surface area (Å²) in [6.45, 7) is 3.93. The van der Waals surface area contributed by atoms with E-state index in [0.717, 1.165) is 5.56 Å². The molecule has 0 amide bonds. The van der Waals surface area contributed by atoms with Crippen molar-refractivity contribution in [3.63, 3.8) is 0 Å². The van der Waals surface area contributed by atoms with E-state index in [1.807, 2.05) is 19.9 Å². The van der Waals surface area contributed by atoms with Gasteiger partial charge >= 0.3 is 5.69 Å². The lowest BCUT2D eigenvalue weighted by Gasteiger charge is -2.12. The van der Waals surface area contributed by atoms with Crippen LogP contribution in [0, 0.1) is 10.1 Å². The Kier molecular flexibility index (Phi) is 3.68. The summed E-state index contributed by atoms with van der Waals surface area (Å²) >= 11 is 3.25. The molecule has 0 aliphatic carbocycles. The third kappa shape index (κ3) is 2.47. The minimum atomic E-state index is -0.435. The van der Waals surface area contributed by atoms with E-state index in [9.17, 15) is 10.1 Å². The Bertz CT molecular complexity index is 390. The maximum atomic E-state index is 10.8. The number of nitro groups is 1. The molecule has 1 rings (SSSR count). The molecule has 0 aromatic heterocycles. The highest BCUT2D eigenvalue weighted by Crippen LogP contribution is 2.37. The van der Waals surface area contributed by atoms with Gasteiger partial charge in [-0.15, -0.1) is 0 Å². The number of hydrogen-bond acceptors (Lipinski definition) is 3. The fourth-order valence-corrected chi connectivity index (χ4v) is 1.85. The van der Waals surface area contributed by atoms with E-state index < -0.39 is 4.92 Å². The summed E-state index contributed by atoms with van der Waals surface area (Å²) in [5.41, 5.74) is 0.828. The second kappa shape index (κ2) is 4.61. The van der Waals surface area contributed by atoms with E-state index in [1.165, 1.54) is 13.2 Å². The third-order valence-corrected chi connectivity index (χ3v) is 2.54. The van der Waals surface area contributed by atoms with Crippen LogP contribution < -0.4 is 4.74 Å². The maximum Gasteiger partial charge on any atom is 0.312 e. The van der Waals surface area contributed by atoms with Gasteiger partial charge in [0.2, 0.25) is 0 Å². The van der Waals surface area contributed by atoms with Crippen LogP contribution >= 0.6 is 15.9 Å². The van der Waals surface area contributed by atoms with Gasteiger partial charge in [-0.05, 0) is 12.0 Å². The van der Waals surface area contributed by atoms with Crippen molar-refractivity contribution in [2.75, 3.05) is 7.11 Å². The molecule has 82 valence electrons. The molecule has 0 N–H and O–H groups in total. The van der Waals surface area contributed by atoms with E-state index in [4.69, 9.17) is 4.74 Å². The number of hydrogen-bond donors (Lipinski definition) is 0. The predicted molar refractivity (Wildman–Crippen MR) is 61.4 cm³/mol. The van der Waals surface area contributed by atoms with Crippen LogP contribution in [0.1, 0.15) is 25.3 Å². The SMILES string of the molecule is COc1c(C(C)C)cc(Br)cc1[N+](=O)[O-]. The van der Waals surface area contributed by atoms with Gasteiger partial charge in [-0.1, -0.05) is 29.8 Å². The summed E-state index contributed by atoms with van der Waals surface area (Å²) in [5.74, 6) is 0.523. The molecule has 4 nitrogen and oxygen atoms in total. The summed E-state index contributed by atoms with van der Waals surface area (Å²) in [6, 6.07) is 3.29. The highest BCUT2D eigenvalue weighted by atomic mass is 79.9. The summed E-state index contributed by atoms with van der Waals surface area (Å²) in [6.07, 6.45) is 0. The van der Waals surface area contributed by atoms with Gasteiger partial charge in [0.15, 0.2) is 5.75 Å². The molecule has 0 aliphatic heterocycles. The molecular formula is C10H12BrNO3. The van der Waals surface area contributed by atoms with Gasteiger partial charge in [-0.3, -0.25) is 10.1 Å². The van der Waals surface area contributed by atoms with Gasteiger partial charge in [-0.2, -0.15) is 0 Å². The third-order valence-electron chi connectivity index (χ3n) is 2.09.